The van der Waals surface area contributed by atoms with Crippen molar-refractivity contribution in [2.45, 2.75) is 41.9 Å². The first-order valence-corrected chi connectivity index (χ1v) is 24.9. The predicted molar refractivity (Wildman–Crippen MR) is 287 cm³/mol. The van der Waals surface area contributed by atoms with Gasteiger partial charge in [-0.2, -0.15) is 0 Å². The van der Waals surface area contributed by atoms with E-state index in [0.717, 1.165) is 46.3 Å². The number of rotatable bonds is 5. The van der Waals surface area contributed by atoms with Crippen LogP contribution in [0.5, 0.6) is 0 Å². The van der Waals surface area contributed by atoms with E-state index < -0.39 is 0 Å². The van der Waals surface area contributed by atoms with Crippen LogP contribution in [-0.4, -0.2) is 14.4 Å². The van der Waals surface area contributed by atoms with E-state index in [1.165, 1.54) is 81.9 Å². The Morgan fingerprint density at radius 1 is 0.574 bits per heavy atom. The summed E-state index contributed by atoms with van der Waals surface area (Å²) in [6.07, 6.45) is 16.1. The average Bonchev–Trinajstić information content (AvgIpc) is 4.15. The molecule has 0 amide bonds. The number of hydrogen-bond donors (Lipinski definition) is 1. The standard InChI is InChI=1S/C63H47N3OS/c1-39-36-60(64-54(42-32-33-48-47-22-7-11-30-57(47)67-58(48)38-42)27-15-24-44(39)52-25-14-26-53-49-23-8-12-31-59(49)68-63(52)53)66-56-29-10-6-21-46(56)51-35-34-50-45-20-5-9-28-55(45)65(61(50)62(51)66)43-19-13-18-41(37-43)40-16-3-2-4-17-40/h2-14,16-26,28-39,49,54,59,64H,15,27H2,1H3/b44-24+,60-36+. The third-order valence-corrected chi connectivity index (χ3v) is 16.2. The number of thioether (sulfide) groups is 1. The van der Waals surface area contributed by atoms with Gasteiger partial charge in [0.15, 0.2) is 0 Å². The number of para-hydroxylation sites is 3. The SMILES string of the molecule is CC1/C=C(/n2c3ccccc3c3ccc4c5ccccc5n(-c5cccc(-c6ccccc6)c5)c4c32)NC(c2ccc3c(c2)oc2ccccc23)CC/C=C\1c1cccc2c1SC1C=CC=CC21. The molecule has 8 aromatic carbocycles. The fourth-order valence-electron chi connectivity index (χ4n) is 11.7. The van der Waals surface area contributed by atoms with Crippen LogP contribution in [0.15, 0.2) is 222 Å². The Morgan fingerprint density at radius 2 is 1.25 bits per heavy atom. The Balaban J connectivity index is 1.03. The molecule has 11 aromatic rings. The number of hydrogen-bond acceptors (Lipinski definition) is 3. The van der Waals surface area contributed by atoms with Gasteiger partial charge in [-0.25, -0.2) is 0 Å². The Hall–Kier alpha value is -7.73. The first-order chi connectivity index (χ1) is 33.6. The molecule has 3 aromatic heterocycles. The largest absolute Gasteiger partial charge is 0.456 e. The second-order valence-electron chi connectivity index (χ2n) is 18.7. The van der Waals surface area contributed by atoms with Crippen LogP contribution in [0.25, 0.3) is 93.8 Å². The van der Waals surface area contributed by atoms with E-state index in [2.05, 4.69) is 234 Å². The molecule has 0 bridgehead atoms. The molecule has 1 N–H and O–H groups in total. The summed E-state index contributed by atoms with van der Waals surface area (Å²) >= 11 is 2.03. The van der Waals surface area contributed by atoms with Gasteiger partial charge in [0.05, 0.1) is 28.1 Å². The van der Waals surface area contributed by atoms with Crippen LogP contribution < -0.4 is 5.32 Å². The van der Waals surface area contributed by atoms with Crippen molar-refractivity contribution < 1.29 is 4.42 Å². The first-order valence-electron chi connectivity index (χ1n) is 24.0. The molecule has 0 spiro atoms. The summed E-state index contributed by atoms with van der Waals surface area (Å²) in [4.78, 5) is 1.42. The predicted octanol–water partition coefficient (Wildman–Crippen LogP) is 16.8. The Kier molecular flexibility index (Phi) is 9.10. The second-order valence-corrected chi connectivity index (χ2v) is 19.9. The highest BCUT2D eigenvalue weighted by molar-refractivity contribution is 8.00. The van der Waals surface area contributed by atoms with E-state index in [-0.39, 0.29) is 12.0 Å². The van der Waals surface area contributed by atoms with Gasteiger partial charge in [-0.15, -0.1) is 11.8 Å². The van der Waals surface area contributed by atoms with Crippen molar-refractivity contribution in [3.05, 3.63) is 229 Å². The Morgan fingerprint density at radius 3 is 2.09 bits per heavy atom. The Labute approximate surface area is 399 Å². The lowest BCUT2D eigenvalue weighted by Crippen LogP contribution is -2.24. The summed E-state index contributed by atoms with van der Waals surface area (Å²) < 4.78 is 11.6. The highest BCUT2D eigenvalue weighted by Gasteiger charge is 2.34. The van der Waals surface area contributed by atoms with Crippen LogP contribution in [-0.2, 0) is 0 Å². The van der Waals surface area contributed by atoms with Crippen molar-refractivity contribution in [2.75, 3.05) is 0 Å². The van der Waals surface area contributed by atoms with Crippen LogP contribution in [0.3, 0.4) is 0 Å². The quantitative estimate of drug-likeness (QED) is 0.187. The van der Waals surface area contributed by atoms with Gasteiger partial charge in [0.1, 0.15) is 17.0 Å². The smallest absolute Gasteiger partial charge is 0.135 e. The summed E-state index contributed by atoms with van der Waals surface area (Å²) in [5.74, 6) is 1.56. The molecule has 0 radical (unpaired) electrons. The van der Waals surface area contributed by atoms with Crippen LogP contribution >= 0.6 is 11.8 Å². The summed E-state index contributed by atoms with van der Waals surface area (Å²) in [6, 6.07) is 64.6. The molecule has 4 nitrogen and oxygen atoms in total. The van der Waals surface area contributed by atoms with Gasteiger partial charge in [0, 0.05) is 60.0 Å². The van der Waals surface area contributed by atoms with Gasteiger partial charge in [0.2, 0.25) is 0 Å². The molecule has 5 heteroatoms. The molecule has 1 aliphatic carbocycles. The number of benzene rings is 8. The molecule has 14 rings (SSSR count). The number of allylic oxidation sites excluding steroid dienone is 6. The molecular weight excluding hydrogens is 847 g/mol. The zero-order valence-electron chi connectivity index (χ0n) is 37.6. The molecule has 68 heavy (non-hydrogen) atoms. The maximum atomic E-state index is 6.55. The molecule has 3 aliphatic rings. The fraction of sp³-hybridized carbons (Fsp3) is 0.111. The van der Waals surface area contributed by atoms with Gasteiger partial charge in [-0.05, 0) is 88.7 Å². The zero-order chi connectivity index (χ0) is 44.9. The minimum absolute atomic E-state index is 0.0144. The molecule has 326 valence electrons. The van der Waals surface area contributed by atoms with Crippen molar-refractivity contribution in [2.24, 2.45) is 5.92 Å². The van der Waals surface area contributed by atoms with Crippen LogP contribution in [0.4, 0.5) is 0 Å². The van der Waals surface area contributed by atoms with E-state index in [9.17, 15) is 0 Å². The lowest BCUT2D eigenvalue weighted by atomic mass is 9.87. The van der Waals surface area contributed by atoms with Crippen molar-refractivity contribution >= 4 is 88.7 Å². The first kappa shape index (κ1) is 39.4. The lowest BCUT2D eigenvalue weighted by Gasteiger charge is -2.25. The van der Waals surface area contributed by atoms with E-state index in [1.807, 2.05) is 11.8 Å². The van der Waals surface area contributed by atoms with Gasteiger partial charge in [-0.3, -0.25) is 4.57 Å². The van der Waals surface area contributed by atoms with E-state index in [1.54, 1.807) is 0 Å². The molecule has 2 aliphatic heterocycles. The molecular formula is C63H47N3OS. The van der Waals surface area contributed by atoms with Crippen LogP contribution in [0, 0.1) is 5.92 Å². The molecule has 4 atom stereocenters. The van der Waals surface area contributed by atoms with Gasteiger partial charge >= 0.3 is 0 Å². The second kappa shape index (κ2) is 15.7. The monoisotopic (exact) mass is 893 g/mol. The highest BCUT2D eigenvalue weighted by atomic mass is 32.2. The van der Waals surface area contributed by atoms with Gasteiger partial charge in [-0.1, -0.05) is 177 Å². The van der Waals surface area contributed by atoms with Crippen LogP contribution in [0.2, 0.25) is 0 Å². The number of nitrogens with zero attached hydrogens (tertiary/aromatic N) is 2. The summed E-state index contributed by atoms with van der Waals surface area (Å²) in [5.41, 5.74) is 15.5. The van der Waals surface area contributed by atoms with Crippen molar-refractivity contribution in [3.63, 3.8) is 0 Å². The number of aromatic nitrogens is 2. The summed E-state index contributed by atoms with van der Waals surface area (Å²) in [5, 5.41) is 11.9. The minimum atomic E-state index is -0.0144. The summed E-state index contributed by atoms with van der Waals surface area (Å²) in [6.45, 7) is 2.40. The van der Waals surface area contributed by atoms with E-state index in [0.29, 0.717) is 11.2 Å². The average molecular weight is 894 g/mol. The normalized spacial score (nSPS) is 20.8. The third kappa shape index (κ3) is 6.15. The Bertz CT molecular complexity index is 3970. The van der Waals surface area contributed by atoms with E-state index >= 15 is 0 Å². The minimum Gasteiger partial charge on any atom is -0.456 e. The number of nitrogens with one attached hydrogen (secondary N) is 1. The molecule has 5 heterocycles. The maximum Gasteiger partial charge on any atom is 0.135 e. The topological polar surface area (TPSA) is 35.0 Å². The third-order valence-electron chi connectivity index (χ3n) is 14.8. The van der Waals surface area contributed by atoms with E-state index in [4.69, 9.17) is 4.42 Å². The van der Waals surface area contributed by atoms with Crippen LogP contribution in [0.1, 0.15) is 48.4 Å². The van der Waals surface area contributed by atoms with Gasteiger partial charge in [0.25, 0.3) is 0 Å². The lowest BCUT2D eigenvalue weighted by molar-refractivity contribution is 0.576. The van der Waals surface area contributed by atoms with Crippen molar-refractivity contribution in [3.8, 4) is 16.8 Å². The zero-order valence-corrected chi connectivity index (χ0v) is 38.5. The number of furan rings is 1. The molecule has 4 unspecified atom stereocenters. The summed E-state index contributed by atoms with van der Waals surface area (Å²) in [7, 11) is 0. The highest BCUT2D eigenvalue weighted by Crippen LogP contribution is 2.52. The molecule has 0 saturated carbocycles. The van der Waals surface area contributed by atoms with Crippen molar-refractivity contribution in [1.29, 1.82) is 0 Å². The molecule has 0 fully saturated rings. The van der Waals surface area contributed by atoms with Crippen molar-refractivity contribution in [1.82, 2.24) is 14.5 Å². The molecule has 0 saturated heterocycles. The number of fused-ring (bicyclic) bond motifs is 13. The maximum absolute atomic E-state index is 6.55. The van der Waals surface area contributed by atoms with Gasteiger partial charge < -0.3 is 14.3 Å². The fourth-order valence-corrected chi connectivity index (χ4v) is 13.2.